The van der Waals surface area contributed by atoms with Gasteiger partial charge in [-0.3, -0.25) is 14.5 Å². The zero-order valence-electron chi connectivity index (χ0n) is 17.2. The Morgan fingerprint density at radius 3 is 2.50 bits per heavy atom. The fourth-order valence-corrected chi connectivity index (χ4v) is 4.63. The number of ether oxygens (including phenoxy) is 1. The van der Waals surface area contributed by atoms with Gasteiger partial charge in [-0.15, -0.1) is 0 Å². The number of morpholine rings is 1. The van der Waals surface area contributed by atoms with Crippen LogP contribution < -0.4 is 0 Å². The van der Waals surface area contributed by atoms with E-state index in [1.165, 1.54) is 0 Å². The number of nitrogens with zero attached hydrogens (tertiary/aromatic N) is 4. The lowest BCUT2D eigenvalue weighted by Crippen LogP contribution is -2.52. The van der Waals surface area contributed by atoms with Crippen LogP contribution in [0.5, 0.6) is 0 Å². The first-order valence-corrected chi connectivity index (χ1v) is 11.6. The summed E-state index contributed by atoms with van der Waals surface area (Å²) in [5.41, 5.74) is 2.02. The molecule has 1 aromatic heterocycles. The van der Waals surface area contributed by atoms with Crippen molar-refractivity contribution in [2.45, 2.75) is 18.0 Å². The summed E-state index contributed by atoms with van der Waals surface area (Å²) in [6.45, 7) is 5.98. The van der Waals surface area contributed by atoms with Crippen LogP contribution in [0.2, 0.25) is 0 Å². The lowest BCUT2D eigenvalue weighted by atomic mass is 10.2. The number of imidazole rings is 1. The Kier molecular flexibility index (Phi) is 7.24. The number of benzene rings is 1. The lowest BCUT2D eigenvalue weighted by molar-refractivity contribution is -0.137. The van der Waals surface area contributed by atoms with Gasteiger partial charge in [-0.25, -0.2) is 4.98 Å². The van der Waals surface area contributed by atoms with Crippen LogP contribution >= 0.6 is 11.8 Å². The van der Waals surface area contributed by atoms with Gasteiger partial charge in [-0.1, -0.05) is 23.9 Å². The molecule has 1 aromatic carbocycles. The van der Waals surface area contributed by atoms with Gasteiger partial charge >= 0.3 is 0 Å². The number of thioether (sulfide) groups is 1. The molecule has 30 heavy (non-hydrogen) atoms. The van der Waals surface area contributed by atoms with Gasteiger partial charge in [0.15, 0.2) is 5.16 Å². The number of piperazine rings is 1. The molecular weight excluding hydrogens is 402 g/mol. The third-order valence-electron chi connectivity index (χ3n) is 5.59. The molecule has 0 aliphatic carbocycles. The summed E-state index contributed by atoms with van der Waals surface area (Å²) in [6, 6.07) is 7.98. The molecule has 0 spiro atoms. The maximum absolute atomic E-state index is 12.5. The van der Waals surface area contributed by atoms with Gasteiger partial charge in [0.05, 0.1) is 30.8 Å². The van der Waals surface area contributed by atoms with Crippen LogP contribution in [0.25, 0.3) is 11.0 Å². The first-order chi connectivity index (χ1) is 14.7. The summed E-state index contributed by atoms with van der Waals surface area (Å²) in [5.74, 6) is 1.24. The molecule has 2 aromatic rings. The van der Waals surface area contributed by atoms with Crippen LogP contribution in [0.4, 0.5) is 0 Å². The molecule has 4 rings (SSSR count). The minimum Gasteiger partial charge on any atom is -0.378 e. The molecule has 2 aliphatic rings. The number of amides is 2. The fourth-order valence-electron chi connectivity index (χ4n) is 3.81. The first kappa shape index (κ1) is 21.1. The summed E-state index contributed by atoms with van der Waals surface area (Å²) >= 11 is 1.66. The van der Waals surface area contributed by atoms with E-state index in [2.05, 4.69) is 14.9 Å². The highest BCUT2D eigenvalue weighted by atomic mass is 32.2. The van der Waals surface area contributed by atoms with Gasteiger partial charge in [-0.2, -0.15) is 0 Å². The molecule has 1 N–H and O–H groups in total. The van der Waals surface area contributed by atoms with Crippen LogP contribution in [0.3, 0.4) is 0 Å². The van der Waals surface area contributed by atoms with Crippen molar-refractivity contribution in [1.82, 2.24) is 24.7 Å². The molecule has 0 saturated carbocycles. The van der Waals surface area contributed by atoms with Gasteiger partial charge in [0.2, 0.25) is 11.8 Å². The minimum atomic E-state index is 0.167. The van der Waals surface area contributed by atoms with Gasteiger partial charge in [0, 0.05) is 51.4 Å². The largest absolute Gasteiger partial charge is 0.378 e. The second-order valence-corrected chi connectivity index (χ2v) is 8.74. The van der Waals surface area contributed by atoms with Gasteiger partial charge in [-0.05, 0) is 18.6 Å². The smallest absolute Gasteiger partial charge is 0.236 e. The molecule has 2 fully saturated rings. The van der Waals surface area contributed by atoms with Crippen molar-refractivity contribution >= 4 is 34.6 Å². The van der Waals surface area contributed by atoms with E-state index in [4.69, 9.17) is 4.74 Å². The second-order valence-electron chi connectivity index (χ2n) is 7.66. The first-order valence-electron chi connectivity index (χ1n) is 10.6. The molecule has 0 radical (unpaired) electrons. The van der Waals surface area contributed by atoms with Gasteiger partial charge < -0.3 is 19.5 Å². The predicted molar refractivity (Wildman–Crippen MR) is 116 cm³/mol. The number of hydrogen-bond donors (Lipinski definition) is 1. The predicted octanol–water partition coefficient (Wildman–Crippen LogP) is 1.44. The van der Waals surface area contributed by atoms with Crippen molar-refractivity contribution < 1.29 is 14.3 Å². The van der Waals surface area contributed by atoms with Gasteiger partial charge in [0.1, 0.15) is 0 Å². The number of aromatic nitrogens is 2. The third-order valence-corrected chi connectivity index (χ3v) is 6.55. The molecule has 2 amide bonds. The highest BCUT2D eigenvalue weighted by Crippen LogP contribution is 2.20. The van der Waals surface area contributed by atoms with Crippen molar-refractivity contribution in [2.24, 2.45) is 0 Å². The normalized spacial score (nSPS) is 18.1. The number of carbonyl (C=O) groups is 2. The fraction of sp³-hybridized carbons (Fsp3) is 0.571. The number of H-pyrrole nitrogens is 1. The Morgan fingerprint density at radius 2 is 1.73 bits per heavy atom. The van der Waals surface area contributed by atoms with Crippen LogP contribution in [-0.2, 0) is 14.3 Å². The summed E-state index contributed by atoms with van der Waals surface area (Å²) in [7, 11) is 0. The van der Waals surface area contributed by atoms with Crippen molar-refractivity contribution in [3.05, 3.63) is 24.3 Å². The number of para-hydroxylation sites is 2. The Labute approximate surface area is 180 Å². The van der Waals surface area contributed by atoms with E-state index < -0.39 is 0 Å². The van der Waals surface area contributed by atoms with E-state index in [1.807, 2.05) is 34.1 Å². The van der Waals surface area contributed by atoms with Gasteiger partial charge in [0.25, 0.3) is 0 Å². The van der Waals surface area contributed by atoms with Crippen LogP contribution in [0, 0.1) is 0 Å². The Morgan fingerprint density at radius 1 is 1.00 bits per heavy atom. The van der Waals surface area contributed by atoms with Crippen LogP contribution in [0.1, 0.15) is 12.8 Å². The molecule has 3 heterocycles. The molecule has 9 heteroatoms. The molecular formula is C21H29N5O3S. The maximum Gasteiger partial charge on any atom is 0.236 e. The number of rotatable bonds is 7. The van der Waals surface area contributed by atoms with Crippen LogP contribution in [-0.4, -0.2) is 101 Å². The summed E-state index contributed by atoms with van der Waals surface area (Å²) in [6.07, 6.45) is 1.39. The van der Waals surface area contributed by atoms with Crippen LogP contribution in [0.15, 0.2) is 29.4 Å². The number of nitrogens with one attached hydrogen (secondary N) is 1. The molecule has 2 aliphatic heterocycles. The third kappa shape index (κ3) is 5.53. The quantitative estimate of drug-likeness (QED) is 0.528. The SMILES string of the molecule is O=C(CCCSc1nc2ccccc2[nH]1)N1CCN(CC(=O)N2CCOCC2)CC1. The average molecular weight is 432 g/mol. The molecule has 2 saturated heterocycles. The molecule has 0 bridgehead atoms. The minimum absolute atomic E-state index is 0.167. The zero-order valence-corrected chi connectivity index (χ0v) is 18.0. The Balaban J connectivity index is 1.12. The standard InChI is InChI=1S/C21H29N5O3S/c27-19(6-3-15-30-21-22-17-4-1-2-5-18(17)23-21)25-9-7-24(8-10-25)16-20(28)26-11-13-29-14-12-26/h1-2,4-5H,3,6-16H2,(H,22,23). The summed E-state index contributed by atoms with van der Waals surface area (Å²) < 4.78 is 5.30. The van der Waals surface area contributed by atoms with Crippen molar-refractivity contribution in [2.75, 3.05) is 64.8 Å². The van der Waals surface area contributed by atoms with E-state index in [9.17, 15) is 9.59 Å². The van der Waals surface area contributed by atoms with E-state index in [0.29, 0.717) is 52.4 Å². The highest BCUT2D eigenvalue weighted by Gasteiger charge is 2.24. The second kappa shape index (κ2) is 10.3. The maximum atomic E-state index is 12.5. The average Bonchev–Trinajstić information content (AvgIpc) is 3.20. The zero-order chi connectivity index (χ0) is 20.8. The van der Waals surface area contributed by atoms with E-state index >= 15 is 0 Å². The summed E-state index contributed by atoms with van der Waals surface area (Å²) in [4.78, 5) is 38.7. The van der Waals surface area contributed by atoms with Crippen molar-refractivity contribution in [3.8, 4) is 0 Å². The van der Waals surface area contributed by atoms with Crippen molar-refractivity contribution in [3.63, 3.8) is 0 Å². The Hall–Kier alpha value is -2.10. The highest BCUT2D eigenvalue weighted by molar-refractivity contribution is 7.99. The van der Waals surface area contributed by atoms with E-state index in [-0.39, 0.29) is 11.8 Å². The number of carbonyl (C=O) groups excluding carboxylic acids is 2. The molecule has 8 nitrogen and oxygen atoms in total. The number of fused-ring (bicyclic) bond motifs is 1. The topological polar surface area (TPSA) is 81.8 Å². The van der Waals surface area contributed by atoms with E-state index in [0.717, 1.165) is 41.5 Å². The molecule has 162 valence electrons. The monoisotopic (exact) mass is 431 g/mol. The Bertz CT molecular complexity index is 826. The van der Waals surface area contributed by atoms with E-state index in [1.54, 1.807) is 11.8 Å². The molecule has 0 atom stereocenters. The number of aromatic amines is 1. The lowest BCUT2D eigenvalue weighted by Gasteiger charge is -2.36. The number of hydrogen-bond acceptors (Lipinski definition) is 6. The van der Waals surface area contributed by atoms with Crippen molar-refractivity contribution in [1.29, 1.82) is 0 Å². The summed E-state index contributed by atoms with van der Waals surface area (Å²) in [5, 5.41) is 0.905. The molecule has 0 unspecified atom stereocenters.